The molecule has 3 nitrogen and oxygen atoms in total. The molecule has 0 spiro atoms. The summed E-state index contributed by atoms with van der Waals surface area (Å²) in [6, 6.07) is 0. The summed E-state index contributed by atoms with van der Waals surface area (Å²) in [6.45, 7) is 3.08. The van der Waals surface area contributed by atoms with Crippen LogP contribution in [0.25, 0.3) is 0 Å². The van der Waals surface area contributed by atoms with Crippen LogP contribution in [0, 0.1) is 0 Å². The van der Waals surface area contributed by atoms with Gasteiger partial charge in [0.05, 0.1) is 11.8 Å². The summed E-state index contributed by atoms with van der Waals surface area (Å²) in [6.07, 6.45) is -0.634. The zero-order valence-electron chi connectivity index (χ0n) is 4.42. The van der Waals surface area contributed by atoms with E-state index in [1.54, 1.807) is 6.92 Å². The summed E-state index contributed by atoms with van der Waals surface area (Å²) in [7, 11) is 0. The second-order valence-corrected chi connectivity index (χ2v) is 1.42. The number of hydrogen-bond donors (Lipinski definition) is 2. The van der Waals surface area contributed by atoms with Gasteiger partial charge in [-0.05, 0) is 13.8 Å². The van der Waals surface area contributed by atoms with Crippen molar-refractivity contribution in [2.24, 2.45) is 5.16 Å². The fourth-order valence-corrected chi connectivity index (χ4v) is 0.0836. The van der Waals surface area contributed by atoms with Crippen LogP contribution in [-0.2, 0) is 0 Å². The predicted molar refractivity (Wildman–Crippen MR) is 26.6 cm³/mol. The van der Waals surface area contributed by atoms with Gasteiger partial charge in [0.2, 0.25) is 0 Å². The van der Waals surface area contributed by atoms with E-state index in [0.717, 1.165) is 0 Å². The minimum Gasteiger partial charge on any atom is -0.411 e. The molecule has 2 N–H and O–H groups in total. The van der Waals surface area contributed by atoms with Gasteiger partial charge in [-0.25, -0.2) is 0 Å². The van der Waals surface area contributed by atoms with E-state index in [4.69, 9.17) is 10.3 Å². The van der Waals surface area contributed by atoms with Crippen LogP contribution in [0.2, 0.25) is 0 Å². The van der Waals surface area contributed by atoms with E-state index >= 15 is 0 Å². The molecule has 1 atom stereocenters. The van der Waals surface area contributed by atoms with Gasteiger partial charge in [0.15, 0.2) is 0 Å². The molecule has 7 heavy (non-hydrogen) atoms. The van der Waals surface area contributed by atoms with Crippen molar-refractivity contribution in [3.8, 4) is 0 Å². The Morgan fingerprint density at radius 1 is 1.71 bits per heavy atom. The number of hydrogen-bond acceptors (Lipinski definition) is 3. The third-order valence-electron chi connectivity index (χ3n) is 0.762. The Bertz CT molecular complexity index is 77.8. The summed E-state index contributed by atoms with van der Waals surface area (Å²) >= 11 is 0. The van der Waals surface area contributed by atoms with Crippen LogP contribution in [0.15, 0.2) is 5.16 Å². The van der Waals surface area contributed by atoms with Gasteiger partial charge < -0.3 is 10.3 Å². The van der Waals surface area contributed by atoms with Gasteiger partial charge in [0, 0.05) is 0 Å². The average molecular weight is 103 g/mol. The molecule has 0 rings (SSSR count). The number of aliphatic hydroxyl groups is 1. The Morgan fingerprint density at radius 3 is 2.14 bits per heavy atom. The first-order chi connectivity index (χ1) is 3.18. The van der Waals surface area contributed by atoms with E-state index < -0.39 is 6.10 Å². The van der Waals surface area contributed by atoms with Crippen LogP contribution in [0.5, 0.6) is 0 Å². The summed E-state index contributed by atoms with van der Waals surface area (Å²) in [5.41, 5.74) is 0.333. The highest BCUT2D eigenvalue weighted by Gasteiger charge is 1.96. The summed E-state index contributed by atoms with van der Waals surface area (Å²) in [4.78, 5) is 0. The van der Waals surface area contributed by atoms with Crippen molar-refractivity contribution >= 4 is 5.71 Å². The number of nitrogens with zero attached hydrogens (tertiary/aromatic N) is 1. The molecular weight excluding hydrogens is 94.0 g/mol. The minimum atomic E-state index is -0.634. The highest BCUT2D eigenvalue weighted by molar-refractivity contribution is 5.85. The van der Waals surface area contributed by atoms with Crippen LogP contribution < -0.4 is 0 Å². The third-order valence-corrected chi connectivity index (χ3v) is 0.762. The van der Waals surface area contributed by atoms with E-state index in [2.05, 4.69) is 5.16 Å². The number of rotatable bonds is 1. The van der Waals surface area contributed by atoms with Crippen molar-refractivity contribution in [3.05, 3.63) is 0 Å². The molecule has 0 aromatic heterocycles. The Morgan fingerprint density at radius 2 is 2.14 bits per heavy atom. The lowest BCUT2D eigenvalue weighted by Gasteiger charge is -1.96. The molecule has 0 aliphatic carbocycles. The fourth-order valence-electron chi connectivity index (χ4n) is 0.0836. The van der Waals surface area contributed by atoms with E-state index in [1.165, 1.54) is 6.92 Å². The van der Waals surface area contributed by atoms with Gasteiger partial charge >= 0.3 is 0 Å². The maximum absolute atomic E-state index is 8.53. The highest BCUT2D eigenvalue weighted by atomic mass is 16.4. The maximum atomic E-state index is 8.53. The molecule has 0 aliphatic rings. The number of aliphatic hydroxyl groups excluding tert-OH is 1. The zero-order valence-corrected chi connectivity index (χ0v) is 4.42. The van der Waals surface area contributed by atoms with Crippen molar-refractivity contribution in [1.82, 2.24) is 0 Å². The largest absolute Gasteiger partial charge is 0.411 e. The molecule has 0 aromatic rings. The standard InChI is InChI=1S/C4H9NO2/c1-3(5-7)4(2)6/h4,6-7H,1-2H3. The highest BCUT2D eigenvalue weighted by Crippen LogP contribution is 1.82. The van der Waals surface area contributed by atoms with Crippen molar-refractivity contribution in [3.63, 3.8) is 0 Å². The van der Waals surface area contributed by atoms with Crippen molar-refractivity contribution in [2.75, 3.05) is 0 Å². The first kappa shape index (κ1) is 6.43. The molecule has 0 fully saturated rings. The van der Waals surface area contributed by atoms with Crippen LogP contribution in [-0.4, -0.2) is 22.1 Å². The minimum absolute atomic E-state index is 0.333. The van der Waals surface area contributed by atoms with Crippen LogP contribution in [0.4, 0.5) is 0 Å². The molecule has 42 valence electrons. The first-order valence-corrected chi connectivity index (χ1v) is 2.05. The summed E-state index contributed by atoms with van der Waals surface area (Å²) in [5, 5.41) is 19.2. The van der Waals surface area contributed by atoms with Crippen molar-refractivity contribution in [1.29, 1.82) is 0 Å². The van der Waals surface area contributed by atoms with Gasteiger partial charge in [-0.2, -0.15) is 0 Å². The van der Waals surface area contributed by atoms with Gasteiger partial charge in [-0.1, -0.05) is 5.16 Å². The van der Waals surface area contributed by atoms with E-state index in [1.807, 2.05) is 0 Å². The lowest BCUT2D eigenvalue weighted by Crippen LogP contribution is -2.11. The van der Waals surface area contributed by atoms with Gasteiger partial charge in [-0.3, -0.25) is 0 Å². The molecule has 0 amide bonds. The van der Waals surface area contributed by atoms with E-state index in [9.17, 15) is 0 Å². The SMILES string of the molecule is CC(=NO)C(C)O. The molecule has 0 saturated heterocycles. The second-order valence-electron chi connectivity index (χ2n) is 1.42. The maximum Gasteiger partial charge on any atom is 0.0923 e. The Hall–Kier alpha value is -0.570. The first-order valence-electron chi connectivity index (χ1n) is 2.05. The molecule has 0 aromatic carbocycles. The molecule has 0 bridgehead atoms. The van der Waals surface area contributed by atoms with Gasteiger partial charge in [0.25, 0.3) is 0 Å². The van der Waals surface area contributed by atoms with E-state index in [0.29, 0.717) is 5.71 Å². The molecule has 0 radical (unpaired) electrons. The zero-order chi connectivity index (χ0) is 5.86. The Kier molecular flexibility index (Phi) is 2.37. The molecular formula is C4H9NO2. The Labute approximate surface area is 42.3 Å². The summed E-state index contributed by atoms with van der Waals surface area (Å²) < 4.78 is 0. The fraction of sp³-hybridized carbons (Fsp3) is 0.750. The normalized spacial score (nSPS) is 16.7. The molecule has 1 unspecified atom stereocenters. The average Bonchev–Trinajstić information content (AvgIpc) is 1.65. The lowest BCUT2D eigenvalue weighted by molar-refractivity contribution is 0.247. The summed E-state index contributed by atoms with van der Waals surface area (Å²) in [5.74, 6) is 0. The van der Waals surface area contributed by atoms with Crippen LogP contribution >= 0.6 is 0 Å². The van der Waals surface area contributed by atoms with E-state index in [-0.39, 0.29) is 0 Å². The molecule has 0 saturated carbocycles. The number of oxime groups is 1. The van der Waals surface area contributed by atoms with Gasteiger partial charge in [-0.15, -0.1) is 0 Å². The monoisotopic (exact) mass is 103 g/mol. The van der Waals surface area contributed by atoms with Crippen molar-refractivity contribution < 1.29 is 10.3 Å². The lowest BCUT2D eigenvalue weighted by atomic mass is 10.3. The third kappa shape index (κ3) is 2.17. The quantitative estimate of drug-likeness (QED) is 0.283. The van der Waals surface area contributed by atoms with Crippen LogP contribution in [0.3, 0.4) is 0 Å². The van der Waals surface area contributed by atoms with Crippen molar-refractivity contribution in [2.45, 2.75) is 20.0 Å². The predicted octanol–water partition coefficient (Wildman–Crippen LogP) is 0.217. The topological polar surface area (TPSA) is 52.8 Å². The Balaban J connectivity index is 3.56. The molecule has 0 aliphatic heterocycles. The molecule has 3 heteroatoms. The van der Waals surface area contributed by atoms with Crippen LogP contribution in [0.1, 0.15) is 13.8 Å². The second kappa shape index (κ2) is 2.58. The van der Waals surface area contributed by atoms with Gasteiger partial charge in [0.1, 0.15) is 0 Å². The molecule has 0 heterocycles. The smallest absolute Gasteiger partial charge is 0.0923 e.